The Balaban J connectivity index is 1.96. The fourth-order valence-corrected chi connectivity index (χ4v) is 3.28. The molecule has 2 rings (SSSR count). The number of ether oxygens (including phenoxy) is 1. The molecule has 1 aliphatic carbocycles. The van der Waals surface area contributed by atoms with Gasteiger partial charge in [0.25, 0.3) is 0 Å². The van der Waals surface area contributed by atoms with Gasteiger partial charge in [-0.05, 0) is 31.6 Å². The lowest BCUT2D eigenvalue weighted by molar-refractivity contribution is 0.0524. The second-order valence-electron chi connectivity index (χ2n) is 6.01. The molecule has 1 aliphatic rings. The van der Waals surface area contributed by atoms with Crippen molar-refractivity contribution in [3.63, 3.8) is 0 Å². The van der Waals surface area contributed by atoms with Crippen LogP contribution < -0.4 is 5.32 Å². The van der Waals surface area contributed by atoms with Gasteiger partial charge in [-0.3, -0.25) is 4.68 Å². The van der Waals surface area contributed by atoms with Gasteiger partial charge in [0, 0.05) is 20.1 Å². The first-order valence-electron chi connectivity index (χ1n) is 8.00. The number of hydrogen-bond donors (Lipinski definition) is 1. The maximum atomic E-state index is 11.9. The number of carbonyl (C=O) groups is 1. The monoisotopic (exact) mass is 293 g/mol. The van der Waals surface area contributed by atoms with E-state index in [9.17, 15) is 4.79 Å². The van der Waals surface area contributed by atoms with Gasteiger partial charge in [0.2, 0.25) is 0 Å². The Morgan fingerprint density at radius 3 is 2.76 bits per heavy atom. The fraction of sp³-hybridized carbons (Fsp3) is 0.750. The third-order valence-electron chi connectivity index (χ3n) is 4.76. The van der Waals surface area contributed by atoms with Gasteiger partial charge in [-0.25, -0.2) is 4.79 Å². The van der Waals surface area contributed by atoms with Crippen LogP contribution in [0.1, 0.15) is 62.0 Å². The maximum absolute atomic E-state index is 11.9. The molecule has 0 saturated heterocycles. The van der Waals surface area contributed by atoms with Crippen LogP contribution in [0.15, 0.2) is 6.20 Å². The van der Waals surface area contributed by atoms with Crippen molar-refractivity contribution in [1.82, 2.24) is 15.1 Å². The highest BCUT2D eigenvalue weighted by atomic mass is 16.5. The van der Waals surface area contributed by atoms with Crippen molar-refractivity contribution in [3.05, 3.63) is 17.5 Å². The topological polar surface area (TPSA) is 56.1 Å². The first-order chi connectivity index (χ1) is 10.1. The van der Waals surface area contributed by atoms with Crippen molar-refractivity contribution in [2.75, 3.05) is 13.2 Å². The number of hydrogen-bond acceptors (Lipinski definition) is 4. The number of nitrogens with one attached hydrogen (secondary N) is 1. The fourth-order valence-electron chi connectivity index (χ4n) is 3.28. The summed E-state index contributed by atoms with van der Waals surface area (Å²) in [5.41, 5.74) is 1.92. The molecule has 0 aliphatic heterocycles. The van der Waals surface area contributed by atoms with Gasteiger partial charge in [-0.1, -0.05) is 19.8 Å². The molecule has 1 aromatic rings. The molecule has 1 heterocycles. The van der Waals surface area contributed by atoms with Crippen molar-refractivity contribution in [1.29, 1.82) is 0 Å². The van der Waals surface area contributed by atoms with Gasteiger partial charge in [0.1, 0.15) is 5.56 Å². The van der Waals surface area contributed by atoms with E-state index < -0.39 is 0 Å². The molecule has 0 unspecified atom stereocenters. The van der Waals surface area contributed by atoms with Crippen LogP contribution >= 0.6 is 0 Å². The van der Waals surface area contributed by atoms with Gasteiger partial charge in [0.15, 0.2) is 0 Å². The van der Waals surface area contributed by atoms with E-state index in [1.54, 1.807) is 10.9 Å². The van der Waals surface area contributed by atoms with E-state index in [0.29, 0.717) is 24.1 Å². The number of aryl methyl sites for hydroxylation is 1. The third-order valence-corrected chi connectivity index (χ3v) is 4.76. The van der Waals surface area contributed by atoms with Gasteiger partial charge in [-0.15, -0.1) is 0 Å². The molecule has 1 fully saturated rings. The zero-order chi connectivity index (χ0) is 15.3. The summed E-state index contributed by atoms with van der Waals surface area (Å²) in [7, 11) is 1.87. The van der Waals surface area contributed by atoms with Crippen molar-refractivity contribution in [2.24, 2.45) is 12.5 Å². The highest BCUT2D eigenvalue weighted by Gasteiger charge is 2.31. The van der Waals surface area contributed by atoms with Crippen LogP contribution in [0.4, 0.5) is 0 Å². The number of carbonyl (C=O) groups excluding carboxylic acids is 1. The normalized spacial score (nSPS) is 17.1. The summed E-state index contributed by atoms with van der Waals surface area (Å²) < 4.78 is 6.84. The summed E-state index contributed by atoms with van der Waals surface area (Å²) in [5, 5.41) is 7.71. The van der Waals surface area contributed by atoms with E-state index in [0.717, 1.165) is 12.2 Å². The molecular formula is C16H27N3O2. The second kappa shape index (κ2) is 7.07. The Bertz CT molecular complexity index is 476. The smallest absolute Gasteiger partial charge is 0.341 e. The second-order valence-corrected chi connectivity index (χ2v) is 6.01. The van der Waals surface area contributed by atoms with Crippen LogP contribution in [-0.4, -0.2) is 28.9 Å². The molecule has 21 heavy (non-hydrogen) atoms. The molecule has 0 bridgehead atoms. The van der Waals surface area contributed by atoms with Crippen LogP contribution in [0, 0.1) is 5.41 Å². The summed E-state index contributed by atoms with van der Waals surface area (Å²) in [6.45, 7) is 6.15. The highest BCUT2D eigenvalue weighted by Crippen LogP contribution is 2.40. The van der Waals surface area contributed by atoms with Crippen LogP contribution in [0.2, 0.25) is 0 Å². The van der Waals surface area contributed by atoms with E-state index in [1.165, 1.54) is 32.1 Å². The van der Waals surface area contributed by atoms with E-state index in [4.69, 9.17) is 4.74 Å². The predicted octanol–water partition coefficient (Wildman–Crippen LogP) is 2.66. The average molecular weight is 293 g/mol. The Hall–Kier alpha value is -1.36. The Morgan fingerprint density at radius 1 is 1.43 bits per heavy atom. The molecule has 5 nitrogen and oxygen atoms in total. The molecule has 0 amide bonds. The minimum Gasteiger partial charge on any atom is -0.462 e. The van der Waals surface area contributed by atoms with Crippen LogP contribution in [0.5, 0.6) is 0 Å². The van der Waals surface area contributed by atoms with Gasteiger partial charge < -0.3 is 10.1 Å². The van der Waals surface area contributed by atoms with Gasteiger partial charge in [0.05, 0.1) is 18.5 Å². The van der Waals surface area contributed by atoms with Crippen LogP contribution in [0.3, 0.4) is 0 Å². The van der Waals surface area contributed by atoms with Crippen molar-refractivity contribution in [2.45, 2.75) is 52.5 Å². The lowest BCUT2D eigenvalue weighted by Gasteiger charge is -2.27. The molecule has 0 atom stereocenters. The number of rotatable bonds is 7. The molecule has 0 radical (unpaired) electrons. The Morgan fingerprint density at radius 2 is 2.14 bits per heavy atom. The van der Waals surface area contributed by atoms with Crippen molar-refractivity contribution < 1.29 is 9.53 Å². The van der Waals surface area contributed by atoms with Crippen molar-refractivity contribution in [3.8, 4) is 0 Å². The summed E-state index contributed by atoms with van der Waals surface area (Å²) in [5.74, 6) is -0.284. The molecule has 5 heteroatoms. The summed E-state index contributed by atoms with van der Waals surface area (Å²) in [6, 6.07) is 0. The number of aromatic nitrogens is 2. The minimum absolute atomic E-state index is 0.284. The van der Waals surface area contributed by atoms with E-state index in [2.05, 4.69) is 17.3 Å². The summed E-state index contributed by atoms with van der Waals surface area (Å²) in [4.78, 5) is 11.9. The molecular weight excluding hydrogens is 266 g/mol. The van der Waals surface area contributed by atoms with Gasteiger partial charge in [-0.2, -0.15) is 5.10 Å². The van der Waals surface area contributed by atoms with Gasteiger partial charge >= 0.3 is 5.97 Å². The van der Waals surface area contributed by atoms with E-state index >= 15 is 0 Å². The first kappa shape index (κ1) is 16.0. The number of nitrogens with zero attached hydrogens (tertiary/aromatic N) is 2. The Kier molecular flexibility index (Phi) is 5.39. The Labute approximate surface area is 127 Å². The third kappa shape index (κ3) is 3.64. The maximum Gasteiger partial charge on any atom is 0.341 e. The lowest BCUT2D eigenvalue weighted by Crippen LogP contribution is -2.32. The average Bonchev–Trinajstić information content (AvgIpc) is 3.08. The molecule has 1 aromatic heterocycles. The number of esters is 1. The molecule has 1 saturated carbocycles. The predicted molar refractivity (Wildman–Crippen MR) is 82.1 cm³/mol. The van der Waals surface area contributed by atoms with Crippen LogP contribution in [0.25, 0.3) is 0 Å². The van der Waals surface area contributed by atoms with Crippen molar-refractivity contribution >= 4 is 5.97 Å². The summed E-state index contributed by atoms with van der Waals surface area (Å²) in [6.07, 6.45) is 8.13. The highest BCUT2D eigenvalue weighted by molar-refractivity contribution is 5.90. The molecule has 0 spiro atoms. The van der Waals surface area contributed by atoms with Crippen LogP contribution in [-0.2, 0) is 18.3 Å². The zero-order valence-corrected chi connectivity index (χ0v) is 13.4. The quantitative estimate of drug-likeness (QED) is 0.785. The molecule has 118 valence electrons. The first-order valence-corrected chi connectivity index (χ1v) is 8.00. The molecule has 0 aromatic carbocycles. The minimum atomic E-state index is -0.284. The SMILES string of the molecule is CCOC(=O)c1cnn(C)c1CNCC1(CC)CCCC1. The molecule has 1 N–H and O–H groups in total. The van der Waals surface area contributed by atoms with E-state index in [-0.39, 0.29) is 5.97 Å². The zero-order valence-electron chi connectivity index (χ0n) is 13.4. The summed E-state index contributed by atoms with van der Waals surface area (Å²) >= 11 is 0. The standard InChI is InChI=1S/C16H27N3O2/c1-4-16(8-6-7-9-16)12-17-11-14-13(10-18-19(14)3)15(20)21-5-2/h10,17H,4-9,11-12H2,1-3H3. The lowest BCUT2D eigenvalue weighted by atomic mass is 9.83. The largest absolute Gasteiger partial charge is 0.462 e. The van der Waals surface area contributed by atoms with E-state index in [1.807, 2.05) is 14.0 Å².